The molecule has 34 heavy (non-hydrogen) atoms. The Morgan fingerprint density at radius 2 is 1.59 bits per heavy atom. The zero-order valence-electron chi connectivity index (χ0n) is 20.8. The number of nitrogens with zero attached hydrogens (tertiary/aromatic N) is 3. The normalized spacial score (nSPS) is 15.5. The summed E-state index contributed by atoms with van der Waals surface area (Å²) in [6.07, 6.45) is 1.69. The standard InChI is InChI=1S/C14H16N2OS2.C10H15NOS.C2H6/c17-13-5-3-12(4-6-13)15-7-9-16(10-8-15)19-14-2-1-11-18-14;1-9(11(2)13(3)12)10-7-5-4-6-8-10;1-2/h1-6,11,17H,7-10H2;4-9H,1-3H3;1-2H3. The third-order valence-electron chi connectivity index (χ3n) is 5.40. The fourth-order valence-corrected chi connectivity index (χ4v) is 5.72. The number of benzene rings is 2. The van der Waals surface area contributed by atoms with Crippen molar-refractivity contribution in [3.05, 3.63) is 77.7 Å². The Kier molecular flexibility index (Phi) is 12.7. The monoisotopic (exact) mass is 519 g/mol. The van der Waals surface area contributed by atoms with Crippen molar-refractivity contribution < 1.29 is 9.32 Å². The molecule has 186 valence electrons. The summed E-state index contributed by atoms with van der Waals surface area (Å²) < 4.78 is 16.8. The van der Waals surface area contributed by atoms with Crippen LogP contribution >= 0.6 is 23.3 Å². The zero-order valence-corrected chi connectivity index (χ0v) is 23.2. The molecule has 0 radical (unpaired) electrons. The summed E-state index contributed by atoms with van der Waals surface area (Å²) in [6, 6.07) is 22.0. The maximum Gasteiger partial charge on any atom is 0.115 e. The van der Waals surface area contributed by atoms with Crippen molar-refractivity contribution >= 4 is 40.0 Å². The van der Waals surface area contributed by atoms with Gasteiger partial charge in [-0.3, -0.25) is 0 Å². The molecule has 1 saturated heterocycles. The maximum absolute atomic E-state index is 11.2. The van der Waals surface area contributed by atoms with Crippen LogP contribution in [0.2, 0.25) is 0 Å². The second-order valence-electron chi connectivity index (χ2n) is 7.51. The van der Waals surface area contributed by atoms with Crippen LogP contribution in [-0.2, 0) is 11.0 Å². The first kappa shape index (κ1) is 28.4. The van der Waals surface area contributed by atoms with Crippen LogP contribution in [0.3, 0.4) is 0 Å². The molecule has 0 aliphatic carbocycles. The molecule has 2 unspecified atom stereocenters. The van der Waals surface area contributed by atoms with Crippen LogP contribution in [0.15, 0.2) is 76.3 Å². The molecule has 1 N–H and O–H groups in total. The highest BCUT2D eigenvalue weighted by Gasteiger charge is 2.18. The second kappa shape index (κ2) is 15.2. The quantitative estimate of drug-likeness (QED) is 0.388. The summed E-state index contributed by atoms with van der Waals surface area (Å²) >= 11 is 3.65. The number of phenolic OH excluding ortho intramolecular Hbond substituents is 1. The third kappa shape index (κ3) is 9.07. The number of hydrogen-bond donors (Lipinski definition) is 1. The zero-order chi connectivity index (χ0) is 24.9. The predicted molar refractivity (Wildman–Crippen MR) is 150 cm³/mol. The van der Waals surface area contributed by atoms with Crippen LogP contribution in [0.5, 0.6) is 5.75 Å². The molecule has 0 spiro atoms. The molecule has 3 aromatic rings. The Morgan fingerprint density at radius 1 is 0.971 bits per heavy atom. The Morgan fingerprint density at radius 3 is 2.12 bits per heavy atom. The maximum atomic E-state index is 11.2. The van der Waals surface area contributed by atoms with Crippen LogP contribution in [0.1, 0.15) is 32.4 Å². The molecule has 0 bridgehead atoms. The largest absolute Gasteiger partial charge is 0.508 e. The summed E-state index contributed by atoms with van der Waals surface area (Å²) in [4.78, 5) is 2.37. The smallest absolute Gasteiger partial charge is 0.115 e. The van der Waals surface area contributed by atoms with Gasteiger partial charge in [-0.15, -0.1) is 11.3 Å². The number of hydrogen-bond acceptors (Lipinski definition) is 6. The van der Waals surface area contributed by atoms with E-state index in [4.69, 9.17) is 0 Å². The van der Waals surface area contributed by atoms with Gasteiger partial charge in [0, 0.05) is 51.2 Å². The Hall–Kier alpha value is -1.84. The van der Waals surface area contributed by atoms with Gasteiger partial charge in [-0.05, 0) is 60.1 Å². The van der Waals surface area contributed by atoms with Gasteiger partial charge in [0.15, 0.2) is 0 Å². The minimum Gasteiger partial charge on any atom is -0.508 e. The van der Waals surface area contributed by atoms with E-state index in [1.54, 1.807) is 29.7 Å². The van der Waals surface area contributed by atoms with E-state index >= 15 is 0 Å². The number of rotatable bonds is 6. The molecule has 1 aliphatic rings. The fourth-order valence-electron chi connectivity index (χ4n) is 3.31. The van der Waals surface area contributed by atoms with Gasteiger partial charge >= 0.3 is 0 Å². The molecule has 0 amide bonds. The highest BCUT2D eigenvalue weighted by atomic mass is 32.2. The molecule has 4 rings (SSSR count). The van der Waals surface area contributed by atoms with Crippen molar-refractivity contribution in [2.75, 3.05) is 44.4 Å². The van der Waals surface area contributed by atoms with Crippen molar-refractivity contribution in [3.63, 3.8) is 0 Å². The number of piperazine rings is 1. The van der Waals surface area contributed by atoms with Crippen molar-refractivity contribution in [2.45, 2.75) is 31.0 Å². The Balaban J connectivity index is 0.000000239. The number of aromatic hydroxyl groups is 1. The van der Waals surface area contributed by atoms with E-state index in [9.17, 15) is 9.32 Å². The summed E-state index contributed by atoms with van der Waals surface area (Å²) in [5.41, 5.74) is 2.39. The van der Waals surface area contributed by atoms with E-state index in [0.29, 0.717) is 5.75 Å². The lowest BCUT2D eigenvalue weighted by atomic mass is 10.1. The van der Waals surface area contributed by atoms with Gasteiger partial charge in [-0.1, -0.05) is 50.2 Å². The number of phenols is 1. The average Bonchev–Trinajstić information content (AvgIpc) is 3.39. The molecule has 1 aliphatic heterocycles. The first-order chi connectivity index (χ1) is 16.4. The minimum absolute atomic E-state index is 0.201. The van der Waals surface area contributed by atoms with E-state index in [1.165, 1.54) is 15.5 Å². The molecular formula is C26H37N3O2S3. The van der Waals surface area contributed by atoms with E-state index < -0.39 is 11.0 Å². The highest BCUT2D eigenvalue weighted by molar-refractivity contribution is 7.98. The Bertz CT molecular complexity index is 945. The third-order valence-corrected chi connectivity index (χ3v) is 8.64. The molecule has 5 nitrogen and oxygen atoms in total. The fraction of sp³-hybridized carbons (Fsp3) is 0.385. The van der Waals surface area contributed by atoms with E-state index in [0.717, 1.165) is 26.2 Å². The molecule has 0 saturated carbocycles. The SMILES string of the molecule is CC.CC(c1ccccc1)N(C)S(C)=O.Oc1ccc(N2CCN(Sc3cccs3)CC2)cc1. The Labute approximate surface area is 216 Å². The van der Waals surface area contributed by atoms with Crippen molar-refractivity contribution in [1.82, 2.24) is 8.61 Å². The number of anilines is 1. The predicted octanol–water partition coefficient (Wildman–Crippen LogP) is 6.28. The first-order valence-electron chi connectivity index (χ1n) is 11.6. The molecule has 1 fully saturated rings. The molecule has 1 aromatic heterocycles. The molecule has 2 atom stereocenters. The van der Waals surface area contributed by atoms with Gasteiger partial charge < -0.3 is 10.0 Å². The van der Waals surface area contributed by atoms with Crippen LogP contribution < -0.4 is 4.90 Å². The van der Waals surface area contributed by atoms with Crippen molar-refractivity contribution in [1.29, 1.82) is 0 Å². The topological polar surface area (TPSA) is 47.0 Å². The van der Waals surface area contributed by atoms with Gasteiger partial charge in [0.05, 0.1) is 15.2 Å². The summed E-state index contributed by atoms with van der Waals surface area (Å²) in [7, 11) is 0.961. The lowest BCUT2D eigenvalue weighted by molar-refractivity contribution is 0.430. The van der Waals surface area contributed by atoms with E-state index in [-0.39, 0.29) is 6.04 Å². The van der Waals surface area contributed by atoms with E-state index in [2.05, 4.69) is 33.6 Å². The summed E-state index contributed by atoms with van der Waals surface area (Å²) in [5, 5.41) is 11.4. The second-order valence-corrected chi connectivity index (χ2v) is 11.3. The van der Waals surface area contributed by atoms with Gasteiger partial charge in [-0.25, -0.2) is 12.8 Å². The van der Waals surface area contributed by atoms with Gasteiger partial charge in [0.25, 0.3) is 0 Å². The van der Waals surface area contributed by atoms with Gasteiger partial charge in [0.2, 0.25) is 0 Å². The van der Waals surface area contributed by atoms with Crippen LogP contribution in [0.4, 0.5) is 5.69 Å². The van der Waals surface area contributed by atoms with Gasteiger partial charge in [0.1, 0.15) is 5.75 Å². The minimum atomic E-state index is -0.908. The average molecular weight is 520 g/mol. The van der Waals surface area contributed by atoms with Crippen molar-refractivity contribution in [3.8, 4) is 5.75 Å². The van der Waals surface area contributed by atoms with Crippen molar-refractivity contribution in [2.24, 2.45) is 0 Å². The molecular weight excluding hydrogens is 483 g/mol. The van der Waals surface area contributed by atoms with Crippen LogP contribution in [0.25, 0.3) is 0 Å². The van der Waals surface area contributed by atoms with E-state index in [1.807, 2.05) is 79.6 Å². The lowest BCUT2D eigenvalue weighted by Crippen LogP contribution is -2.43. The lowest BCUT2D eigenvalue weighted by Gasteiger charge is -2.35. The molecule has 2 aromatic carbocycles. The van der Waals surface area contributed by atoms with Gasteiger partial charge in [-0.2, -0.15) is 0 Å². The van der Waals surface area contributed by atoms with Crippen LogP contribution in [-0.4, -0.2) is 57.4 Å². The highest BCUT2D eigenvalue weighted by Crippen LogP contribution is 2.29. The molecule has 2 heterocycles. The van der Waals surface area contributed by atoms with Crippen LogP contribution in [0, 0.1) is 0 Å². The first-order valence-corrected chi connectivity index (χ1v) is 14.7. The molecule has 8 heteroatoms. The summed E-state index contributed by atoms with van der Waals surface area (Å²) in [5.74, 6) is 0.329. The summed E-state index contributed by atoms with van der Waals surface area (Å²) in [6.45, 7) is 10.2. The number of thiophene rings is 1.